The van der Waals surface area contributed by atoms with Gasteiger partial charge in [-0.25, -0.2) is 0 Å². The molecule has 5 nitrogen and oxygen atoms in total. The van der Waals surface area contributed by atoms with Gasteiger partial charge in [0.25, 0.3) is 0 Å². The highest BCUT2D eigenvalue weighted by atomic mass is 16.5. The number of nitrogens with one attached hydrogen (secondary N) is 1. The first kappa shape index (κ1) is 19.6. The zero-order valence-corrected chi connectivity index (χ0v) is 16.3. The van der Waals surface area contributed by atoms with Crippen LogP contribution in [0.1, 0.15) is 32.8 Å². The van der Waals surface area contributed by atoms with Crippen molar-refractivity contribution in [3.05, 3.63) is 29.8 Å². The van der Waals surface area contributed by atoms with E-state index in [0.717, 1.165) is 44.4 Å². The van der Waals surface area contributed by atoms with Gasteiger partial charge >= 0.3 is 0 Å². The second-order valence-electron chi connectivity index (χ2n) is 7.66. The second-order valence-corrected chi connectivity index (χ2v) is 7.66. The Labute approximate surface area is 152 Å². The molecule has 0 bridgehead atoms. The summed E-state index contributed by atoms with van der Waals surface area (Å²) < 4.78 is 11.2. The van der Waals surface area contributed by atoms with E-state index in [-0.39, 0.29) is 5.41 Å². The van der Waals surface area contributed by atoms with E-state index in [0.29, 0.717) is 12.5 Å². The number of guanidine groups is 1. The molecule has 2 rings (SSSR count). The zero-order chi connectivity index (χ0) is 18.3. The largest absolute Gasteiger partial charge is 0.492 e. The van der Waals surface area contributed by atoms with Gasteiger partial charge in [-0.2, -0.15) is 0 Å². The lowest BCUT2D eigenvalue weighted by Crippen LogP contribution is -2.41. The van der Waals surface area contributed by atoms with Crippen molar-refractivity contribution in [2.24, 2.45) is 10.9 Å². The summed E-state index contributed by atoms with van der Waals surface area (Å²) in [5.74, 6) is 2.47. The minimum absolute atomic E-state index is 0.133. The number of aliphatic imine (C=N–C) groups is 1. The maximum atomic E-state index is 5.90. The van der Waals surface area contributed by atoms with Crippen LogP contribution >= 0.6 is 0 Å². The predicted molar refractivity (Wildman–Crippen MR) is 104 cm³/mol. The van der Waals surface area contributed by atoms with Crippen LogP contribution in [0.15, 0.2) is 29.3 Å². The molecule has 1 aliphatic heterocycles. The molecule has 0 radical (unpaired) electrons. The van der Waals surface area contributed by atoms with Crippen molar-refractivity contribution in [2.45, 2.75) is 32.6 Å². The number of ether oxygens (including phenoxy) is 2. The highest BCUT2D eigenvalue weighted by molar-refractivity contribution is 5.80. The van der Waals surface area contributed by atoms with Crippen molar-refractivity contribution < 1.29 is 9.47 Å². The number of benzene rings is 1. The maximum Gasteiger partial charge on any atom is 0.193 e. The van der Waals surface area contributed by atoms with E-state index in [1.54, 1.807) is 7.11 Å². The van der Waals surface area contributed by atoms with Gasteiger partial charge < -0.3 is 19.7 Å². The summed E-state index contributed by atoms with van der Waals surface area (Å²) in [6, 6.07) is 8.35. The van der Waals surface area contributed by atoms with Crippen LogP contribution in [-0.2, 0) is 10.2 Å². The molecule has 1 aromatic rings. The third kappa shape index (κ3) is 5.92. The topological polar surface area (TPSA) is 46.1 Å². The van der Waals surface area contributed by atoms with E-state index in [1.807, 2.05) is 13.1 Å². The van der Waals surface area contributed by atoms with Gasteiger partial charge in [0.1, 0.15) is 12.4 Å². The second kappa shape index (κ2) is 9.09. The predicted octanol–water partition coefficient (Wildman–Crippen LogP) is 2.91. The van der Waals surface area contributed by atoms with Crippen LogP contribution in [0, 0.1) is 5.92 Å². The van der Waals surface area contributed by atoms with Gasteiger partial charge in [-0.05, 0) is 29.5 Å². The number of likely N-dealkylation sites (tertiary alicyclic amines) is 1. The fourth-order valence-corrected chi connectivity index (χ4v) is 3.11. The van der Waals surface area contributed by atoms with Crippen LogP contribution in [-0.4, -0.2) is 57.9 Å². The van der Waals surface area contributed by atoms with Gasteiger partial charge in [0, 0.05) is 33.2 Å². The molecule has 1 aliphatic rings. The summed E-state index contributed by atoms with van der Waals surface area (Å²) in [4.78, 5) is 6.69. The molecule has 0 saturated carbocycles. The Hall–Kier alpha value is -1.75. The molecule has 0 amide bonds. The molecular weight excluding hydrogens is 314 g/mol. The van der Waals surface area contributed by atoms with Crippen LogP contribution in [0.3, 0.4) is 0 Å². The first-order valence-electron chi connectivity index (χ1n) is 9.12. The van der Waals surface area contributed by atoms with E-state index < -0.39 is 0 Å². The van der Waals surface area contributed by atoms with E-state index in [1.165, 1.54) is 5.56 Å². The van der Waals surface area contributed by atoms with Crippen LogP contribution < -0.4 is 10.1 Å². The van der Waals surface area contributed by atoms with Crippen molar-refractivity contribution in [1.29, 1.82) is 0 Å². The van der Waals surface area contributed by atoms with Crippen molar-refractivity contribution >= 4 is 5.96 Å². The fraction of sp³-hybridized carbons (Fsp3) is 0.650. The molecule has 1 atom stereocenters. The van der Waals surface area contributed by atoms with Gasteiger partial charge in [-0.1, -0.05) is 32.9 Å². The molecular formula is C20H33N3O2. The molecule has 1 fully saturated rings. The monoisotopic (exact) mass is 347 g/mol. The molecule has 1 unspecified atom stereocenters. The van der Waals surface area contributed by atoms with Gasteiger partial charge in [-0.15, -0.1) is 0 Å². The summed E-state index contributed by atoms with van der Waals surface area (Å²) in [6.07, 6.45) is 1.16. The summed E-state index contributed by atoms with van der Waals surface area (Å²) in [5.41, 5.74) is 1.42. The van der Waals surface area contributed by atoms with E-state index in [4.69, 9.17) is 9.47 Å². The Bertz CT molecular complexity index is 566. The first-order valence-corrected chi connectivity index (χ1v) is 9.12. The minimum Gasteiger partial charge on any atom is -0.492 e. The Balaban J connectivity index is 1.77. The number of methoxy groups -OCH3 is 1. The average molecular weight is 348 g/mol. The van der Waals surface area contributed by atoms with Crippen molar-refractivity contribution in [2.75, 3.05) is 47.0 Å². The van der Waals surface area contributed by atoms with Crippen molar-refractivity contribution in [1.82, 2.24) is 10.2 Å². The zero-order valence-electron chi connectivity index (χ0n) is 16.3. The van der Waals surface area contributed by atoms with Crippen LogP contribution in [0.5, 0.6) is 5.75 Å². The molecule has 25 heavy (non-hydrogen) atoms. The quantitative estimate of drug-likeness (QED) is 0.488. The summed E-state index contributed by atoms with van der Waals surface area (Å²) in [5, 5.41) is 3.40. The molecule has 1 aromatic carbocycles. The van der Waals surface area contributed by atoms with Crippen LogP contribution in [0.4, 0.5) is 0 Å². The average Bonchev–Trinajstić information content (AvgIpc) is 3.03. The fourth-order valence-electron chi connectivity index (χ4n) is 3.11. The lowest BCUT2D eigenvalue weighted by atomic mass is 9.87. The molecule has 140 valence electrons. The van der Waals surface area contributed by atoms with Gasteiger partial charge in [0.15, 0.2) is 5.96 Å². The number of hydrogen-bond donors (Lipinski definition) is 1. The normalized spacial score (nSPS) is 18.5. The summed E-state index contributed by atoms with van der Waals surface area (Å²) >= 11 is 0. The smallest absolute Gasteiger partial charge is 0.193 e. The lowest BCUT2D eigenvalue weighted by Gasteiger charge is -2.22. The van der Waals surface area contributed by atoms with Crippen LogP contribution in [0.25, 0.3) is 0 Å². The minimum atomic E-state index is 0.133. The third-order valence-corrected chi connectivity index (χ3v) is 4.55. The molecule has 5 heteroatoms. The third-order valence-electron chi connectivity index (χ3n) is 4.55. The molecule has 1 saturated heterocycles. The molecule has 1 N–H and O–H groups in total. The molecule has 0 spiro atoms. The SMILES string of the molecule is CN=C(NCCOc1cccc(C(C)(C)C)c1)N1CCC(COC)C1. The van der Waals surface area contributed by atoms with Gasteiger partial charge in [-0.3, -0.25) is 4.99 Å². The van der Waals surface area contributed by atoms with Crippen molar-refractivity contribution in [3.8, 4) is 5.75 Å². The number of hydrogen-bond acceptors (Lipinski definition) is 3. The van der Waals surface area contributed by atoms with E-state index >= 15 is 0 Å². The number of nitrogens with zero attached hydrogens (tertiary/aromatic N) is 2. The molecule has 0 aliphatic carbocycles. The Morgan fingerprint density at radius 3 is 2.84 bits per heavy atom. The molecule has 1 heterocycles. The van der Waals surface area contributed by atoms with Gasteiger partial charge in [0.2, 0.25) is 0 Å². The maximum absolute atomic E-state index is 5.90. The Morgan fingerprint density at radius 2 is 2.16 bits per heavy atom. The Morgan fingerprint density at radius 1 is 1.36 bits per heavy atom. The van der Waals surface area contributed by atoms with E-state index in [2.05, 4.69) is 54.2 Å². The Kier molecular flexibility index (Phi) is 7.12. The van der Waals surface area contributed by atoms with Crippen molar-refractivity contribution in [3.63, 3.8) is 0 Å². The highest BCUT2D eigenvalue weighted by Crippen LogP contribution is 2.25. The standard InChI is InChI=1S/C20H33N3O2/c1-20(2,3)17-7-6-8-18(13-17)25-12-10-22-19(21-4)23-11-9-16(14-23)15-24-5/h6-8,13,16H,9-12,14-15H2,1-5H3,(H,21,22). The first-order chi connectivity index (χ1) is 11.9. The summed E-state index contributed by atoms with van der Waals surface area (Å²) in [6.45, 7) is 10.8. The molecule has 0 aromatic heterocycles. The van der Waals surface area contributed by atoms with Crippen LogP contribution in [0.2, 0.25) is 0 Å². The lowest BCUT2D eigenvalue weighted by molar-refractivity contribution is 0.157. The number of rotatable bonds is 6. The summed E-state index contributed by atoms with van der Waals surface area (Å²) in [7, 11) is 3.60. The highest BCUT2D eigenvalue weighted by Gasteiger charge is 2.24. The van der Waals surface area contributed by atoms with E-state index in [9.17, 15) is 0 Å². The van der Waals surface area contributed by atoms with Gasteiger partial charge in [0.05, 0.1) is 13.2 Å².